The molecule has 1 saturated heterocycles. The molecular weight excluding hydrogens is 427 g/mol. The fourth-order valence-electron chi connectivity index (χ4n) is 3.99. The number of hydrogen-bond donors (Lipinski definition) is 1. The Hall–Kier alpha value is -2.52. The molecule has 1 aliphatic carbocycles. The van der Waals surface area contributed by atoms with Gasteiger partial charge in [0, 0.05) is 24.8 Å². The van der Waals surface area contributed by atoms with E-state index in [1.165, 1.54) is 11.0 Å². The SMILES string of the molecule is CC(C)(C)OC(=O)N1CCCC1C(=O)NC1CCC(Oc2ccc(C(F)(F)F)cn2)CC1. The van der Waals surface area contributed by atoms with Gasteiger partial charge in [-0.15, -0.1) is 0 Å². The van der Waals surface area contributed by atoms with Gasteiger partial charge in [0.15, 0.2) is 0 Å². The number of halogens is 3. The van der Waals surface area contributed by atoms with Gasteiger partial charge < -0.3 is 14.8 Å². The first-order chi connectivity index (χ1) is 14.9. The topological polar surface area (TPSA) is 80.8 Å². The van der Waals surface area contributed by atoms with Crippen LogP contribution in [-0.2, 0) is 15.7 Å². The molecule has 2 aliphatic rings. The molecule has 1 aromatic heterocycles. The van der Waals surface area contributed by atoms with Crippen LogP contribution in [-0.4, -0.2) is 52.2 Å². The molecule has 0 bridgehead atoms. The third kappa shape index (κ3) is 6.49. The van der Waals surface area contributed by atoms with Gasteiger partial charge in [-0.1, -0.05) is 0 Å². The average molecular weight is 457 g/mol. The lowest BCUT2D eigenvalue weighted by molar-refractivity contribution is -0.137. The highest BCUT2D eigenvalue weighted by molar-refractivity contribution is 5.86. The van der Waals surface area contributed by atoms with Crippen LogP contribution in [0.3, 0.4) is 0 Å². The number of carbonyl (C=O) groups excluding carboxylic acids is 2. The molecule has 0 aromatic carbocycles. The first kappa shape index (κ1) is 24.1. The largest absolute Gasteiger partial charge is 0.474 e. The Labute approximate surface area is 185 Å². The van der Waals surface area contributed by atoms with Crippen molar-refractivity contribution in [3.63, 3.8) is 0 Å². The van der Waals surface area contributed by atoms with Crippen molar-refractivity contribution in [2.75, 3.05) is 6.54 Å². The monoisotopic (exact) mass is 457 g/mol. The highest BCUT2D eigenvalue weighted by Gasteiger charge is 2.37. The summed E-state index contributed by atoms with van der Waals surface area (Å²) in [5.41, 5.74) is -1.44. The van der Waals surface area contributed by atoms with Gasteiger partial charge >= 0.3 is 12.3 Å². The molecule has 2 fully saturated rings. The van der Waals surface area contributed by atoms with Crippen molar-refractivity contribution in [3.8, 4) is 5.88 Å². The van der Waals surface area contributed by atoms with Crippen molar-refractivity contribution in [3.05, 3.63) is 23.9 Å². The zero-order chi connectivity index (χ0) is 23.5. The number of pyridine rings is 1. The Balaban J connectivity index is 1.46. The first-order valence-corrected chi connectivity index (χ1v) is 10.9. The van der Waals surface area contributed by atoms with Crippen molar-refractivity contribution in [2.24, 2.45) is 0 Å². The van der Waals surface area contributed by atoms with E-state index in [2.05, 4.69) is 10.3 Å². The van der Waals surface area contributed by atoms with E-state index in [1.54, 1.807) is 20.8 Å². The molecule has 1 atom stereocenters. The second-order valence-electron chi connectivity index (χ2n) is 9.31. The van der Waals surface area contributed by atoms with Crippen molar-refractivity contribution in [1.29, 1.82) is 0 Å². The number of aromatic nitrogens is 1. The van der Waals surface area contributed by atoms with Crippen LogP contribution in [0, 0.1) is 0 Å². The van der Waals surface area contributed by atoms with E-state index in [0.29, 0.717) is 38.6 Å². The maximum Gasteiger partial charge on any atom is 0.417 e. The molecule has 1 unspecified atom stereocenters. The minimum Gasteiger partial charge on any atom is -0.474 e. The lowest BCUT2D eigenvalue weighted by atomic mass is 9.92. The van der Waals surface area contributed by atoms with Gasteiger partial charge in [0.05, 0.1) is 5.56 Å². The summed E-state index contributed by atoms with van der Waals surface area (Å²) in [5.74, 6) is -0.0217. The number of nitrogens with zero attached hydrogens (tertiary/aromatic N) is 2. The highest BCUT2D eigenvalue weighted by atomic mass is 19.4. The molecule has 1 aliphatic heterocycles. The fraction of sp³-hybridized carbons (Fsp3) is 0.682. The zero-order valence-electron chi connectivity index (χ0n) is 18.6. The summed E-state index contributed by atoms with van der Waals surface area (Å²) in [7, 11) is 0. The van der Waals surface area contributed by atoms with E-state index >= 15 is 0 Å². The van der Waals surface area contributed by atoms with Crippen LogP contribution in [0.25, 0.3) is 0 Å². The second-order valence-corrected chi connectivity index (χ2v) is 9.31. The van der Waals surface area contributed by atoms with E-state index in [9.17, 15) is 22.8 Å². The highest BCUT2D eigenvalue weighted by Crippen LogP contribution is 2.30. The molecule has 1 N–H and O–H groups in total. The number of rotatable bonds is 4. The van der Waals surface area contributed by atoms with E-state index in [4.69, 9.17) is 9.47 Å². The van der Waals surface area contributed by atoms with E-state index in [-0.39, 0.29) is 23.9 Å². The Morgan fingerprint density at radius 1 is 1.09 bits per heavy atom. The number of alkyl halides is 3. The van der Waals surface area contributed by atoms with Crippen LogP contribution >= 0.6 is 0 Å². The summed E-state index contributed by atoms with van der Waals surface area (Å²) in [4.78, 5) is 30.4. The number of carbonyl (C=O) groups is 2. The van der Waals surface area contributed by atoms with Crippen LogP contribution < -0.4 is 10.1 Å². The summed E-state index contributed by atoms with van der Waals surface area (Å²) in [5, 5.41) is 3.03. The molecule has 2 heterocycles. The predicted octanol–water partition coefficient (Wildman–Crippen LogP) is 4.31. The molecular formula is C22H30F3N3O4. The molecule has 178 valence electrons. The average Bonchev–Trinajstić information content (AvgIpc) is 3.18. The minimum atomic E-state index is -4.43. The van der Waals surface area contributed by atoms with Crippen LogP contribution in [0.4, 0.5) is 18.0 Å². The third-order valence-electron chi connectivity index (χ3n) is 5.56. The molecule has 7 nitrogen and oxygen atoms in total. The van der Waals surface area contributed by atoms with Crippen LogP contribution in [0.2, 0.25) is 0 Å². The quantitative estimate of drug-likeness (QED) is 0.729. The smallest absolute Gasteiger partial charge is 0.417 e. The molecule has 1 aromatic rings. The van der Waals surface area contributed by atoms with Crippen molar-refractivity contribution < 1.29 is 32.2 Å². The normalized spacial score (nSPS) is 24.2. The summed E-state index contributed by atoms with van der Waals surface area (Å²) in [6, 6.07) is 1.60. The number of amides is 2. The van der Waals surface area contributed by atoms with Crippen molar-refractivity contribution in [2.45, 2.75) is 89.3 Å². The number of hydrogen-bond acceptors (Lipinski definition) is 5. The molecule has 0 radical (unpaired) electrons. The molecule has 32 heavy (non-hydrogen) atoms. The van der Waals surface area contributed by atoms with Crippen LogP contribution in [0.1, 0.15) is 64.9 Å². The molecule has 10 heteroatoms. The Morgan fingerprint density at radius 3 is 2.34 bits per heavy atom. The zero-order valence-corrected chi connectivity index (χ0v) is 18.6. The lowest BCUT2D eigenvalue weighted by Gasteiger charge is -2.32. The fourth-order valence-corrected chi connectivity index (χ4v) is 3.99. The van der Waals surface area contributed by atoms with Gasteiger partial charge in [0.25, 0.3) is 0 Å². The van der Waals surface area contributed by atoms with Gasteiger partial charge in [0.1, 0.15) is 17.7 Å². The van der Waals surface area contributed by atoms with Gasteiger partial charge in [-0.25, -0.2) is 9.78 Å². The van der Waals surface area contributed by atoms with Crippen LogP contribution in [0.15, 0.2) is 18.3 Å². The van der Waals surface area contributed by atoms with Gasteiger partial charge in [-0.3, -0.25) is 9.69 Å². The van der Waals surface area contributed by atoms with E-state index in [1.807, 2.05) is 0 Å². The van der Waals surface area contributed by atoms with Gasteiger partial charge in [-0.05, 0) is 65.4 Å². The standard InChI is InChI=1S/C22H30F3N3O4/c1-21(2,3)32-20(30)28-12-4-5-17(28)19(29)27-15-7-9-16(10-8-15)31-18-11-6-14(13-26-18)22(23,24)25/h6,11,13,15-17H,4-5,7-10,12H2,1-3H3,(H,27,29). The van der Waals surface area contributed by atoms with Crippen LogP contribution in [0.5, 0.6) is 5.88 Å². The Morgan fingerprint density at radius 2 is 1.78 bits per heavy atom. The number of likely N-dealkylation sites (tertiary alicyclic amines) is 1. The molecule has 0 spiro atoms. The molecule has 3 rings (SSSR count). The first-order valence-electron chi connectivity index (χ1n) is 10.9. The Kier molecular flexibility index (Phi) is 7.19. The maximum absolute atomic E-state index is 12.8. The predicted molar refractivity (Wildman–Crippen MR) is 110 cm³/mol. The number of ether oxygens (including phenoxy) is 2. The summed E-state index contributed by atoms with van der Waals surface area (Å²) >= 11 is 0. The Bertz CT molecular complexity index is 800. The minimum absolute atomic E-state index is 0.0380. The van der Waals surface area contributed by atoms with Crippen molar-refractivity contribution in [1.82, 2.24) is 15.2 Å². The van der Waals surface area contributed by atoms with E-state index < -0.39 is 29.5 Å². The van der Waals surface area contributed by atoms with Gasteiger partial charge in [0.2, 0.25) is 11.8 Å². The molecule has 2 amide bonds. The second kappa shape index (κ2) is 9.54. The maximum atomic E-state index is 12.8. The van der Waals surface area contributed by atoms with Crippen molar-refractivity contribution >= 4 is 12.0 Å². The third-order valence-corrected chi connectivity index (χ3v) is 5.56. The lowest BCUT2D eigenvalue weighted by Crippen LogP contribution is -2.50. The van der Waals surface area contributed by atoms with Gasteiger partial charge in [-0.2, -0.15) is 13.2 Å². The van der Waals surface area contributed by atoms with E-state index in [0.717, 1.165) is 18.7 Å². The summed E-state index contributed by atoms with van der Waals surface area (Å²) in [6.45, 7) is 5.86. The number of nitrogens with one attached hydrogen (secondary N) is 1. The molecule has 1 saturated carbocycles. The summed E-state index contributed by atoms with van der Waals surface area (Å²) < 4.78 is 49.0. The summed E-state index contributed by atoms with van der Waals surface area (Å²) in [6.07, 6.45) is -0.316.